The van der Waals surface area contributed by atoms with Gasteiger partial charge in [0.1, 0.15) is 0 Å². The summed E-state index contributed by atoms with van der Waals surface area (Å²) in [5.74, 6) is 0. The quantitative estimate of drug-likeness (QED) is 0.217. The minimum atomic E-state index is 0.666. The average Bonchev–Trinajstić information content (AvgIpc) is 3.59. The van der Waals surface area contributed by atoms with Crippen molar-refractivity contribution in [2.45, 2.75) is 0 Å². The van der Waals surface area contributed by atoms with Crippen LogP contribution in [0.1, 0.15) is 5.56 Å². The number of fused-ring (bicyclic) bond motifs is 6. The maximum atomic E-state index is 9.68. The zero-order valence-electron chi connectivity index (χ0n) is 21.4. The molecule has 1 nitrogen and oxygen atoms in total. The van der Waals surface area contributed by atoms with Crippen LogP contribution in [0.4, 0.5) is 0 Å². The Balaban J connectivity index is 1.39. The van der Waals surface area contributed by atoms with Crippen LogP contribution in [-0.4, -0.2) is 0 Å². The number of hydrogen-bond acceptors (Lipinski definition) is 3. The van der Waals surface area contributed by atoms with Gasteiger partial charge in [-0.2, -0.15) is 5.26 Å². The van der Waals surface area contributed by atoms with E-state index in [0.29, 0.717) is 5.56 Å². The normalized spacial score (nSPS) is 11.5. The van der Waals surface area contributed by atoms with Gasteiger partial charge in [-0.25, -0.2) is 0 Å². The van der Waals surface area contributed by atoms with E-state index in [1.165, 1.54) is 62.6 Å². The van der Waals surface area contributed by atoms with E-state index in [0.717, 1.165) is 11.1 Å². The Morgan fingerprint density at radius 1 is 0.425 bits per heavy atom. The monoisotopic (exact) mass is 543 g/mol. The lowest BCUT2D eigenvalue weighted by Crippen LogP contribution is -1.89. The lowest BCUT2D eigenvalue weighted by molar-refractivity contribution is 1.48. The molecule has 0 bridgehead atoms. The molecule has 0 N–H and O–H groups in total. The fraction of sp³-hybridized carbons (Fsp3) is 0. The Bertz CT molecular complexity index is 2290. The number of nitriles is 1. The molecule has 0 unspecified atom stereocenters. The first kappa shape index (κ1) is 23.2. The van der Waals surface area contributed by atoms with E-state index in [1.807, 2.05) is 40.9 Å². The molecule has 0 saturated carbocycles. The van der Waals surface area contributed by atoms with Gasteiger partial charge >= 0.3 is 0 Å². The van der Waals surface area contributed by atoms with Crippen LogP contribution in [0, 0.1) is 11.3 Å². The van der Waals surface area contributed by atoms with E-state index < -0.39 is 0 Å². The van der Waals surface area contributed by atoms with Crippen LogP contribution in [0.15, 0.2) is 127 Å². The molecule has 0 spiro atoms. The molecule has 0 aliphatic rings. The van der Waals surface area contributed by atoms with Gasteiger partial charge in [0.05, 0.1) is 11.6 Å². The Kier molecular flexibility index (Phi) is 5.31. The van der Waals surface area contributed by atoms with Crippen LogP contribution < -0.4 is 0 Å². The predicted octanol–water partition coefficient (Wildman–Crippen LogP) is 11.3. The van der Waals surface area contributed by atoms with Crippen LogP contribution in [0.2, 0.25) is 0 Å². The minimum Gasteiger partial charge on any atom is -0.192 e. The lowest BCUT2D eigenvalue weighted by Gasteiger charge is -2.15. The van der Waals surface area contributed by atoms with Crippen molar-refractivity contribution in [2.75, 3.05) is 0 Å². The highest BCUT2D eigenvalue weighted by atomic mass is 32.1. The van der Waals surface area contributed by atoms with Crippen LogP contribution in [-0.2, 0) is 0 Å². The van der Waals surface area contributed by atoms with Crippen LogP contribution >= 0.6 is 22.7 Å². The molecular weight excluding hydrogens is 523 g/mol. The summed E-state index contributed by atoms with van der Waals surface area (Å²) in [5.41, 5.74) is 7.61. The summed E-state index contributed by atoms with van der Waals surface area (Å²) >= 11 is 3.68. The third kappa shape index (κ3) is 3.66. The Hall–Kier alpha value is -4.75. The second kappa shape index (κ2) is 9.17. The van der Waals surface area contributed by atoms with Gasteiger partial charge in [0.15, 0.2) is 0 Å². The number of rotatable bonds is 3. The fourth-order valence-electron chi connectivity index (χ4n) is 5.86. The Morgan fingerprint density at radius 3 is 1.98 bits per heavy atom. The number of hydrogen-bond donors (Lipinski definition) is 0. The van der Waals surface area contributed by atoms with E-state index in [2.05, 4.69) is 115 Å². The summed E-state index contributed by atoms with van der Waals surface area (Å²) in [7, 11) is 0. The summed E-state index contributed by atoms with van der Waals surface area (Å²) in [6, 6.07) is 47.8. The number of nitrogens with zero attached hydrogens (tertiary/aromatic N) is 1. The van der Waals surface area contributed by atoms with Crippen molar-refractivity contribution in [3.05, 3.63) is 133 Å². The molecule has 186 valence electrons. The number of thiophene rings is 2. The third-order valence-electron chi connectivity index (χ3n) is 7.72. The molecule has 2 heterocycles. The first-order valence-corrected chi connectivity index (χ1v) is 14.9. The molecule has 0 aliphatic heterocycles. The van der Waals surface area contributed by atoms with Gasteiger partial charge in [0.2, 0.25) is 0 Å². The van der Waals surface area contributed by atoms with Gasteiger partial charge in [-0.05, 0) is 81.9 Å². The van der Waals surface area contributed by atoms with Crippen molar-refractivity contribution in [3.63, 3.8) is 0 Å². The van der Waals surface area contributed by atoms with E-state index >= 15 is 0 Å². The summed E-state index contributed by atoms with van der Waals surface area (Å²) in [6.07, 6.45) is 0. The van der Waals surface area contributed by atoms with Crippen molar-refractivity contribution in [3.8, 4) is 39.4 Å². The highest BCUT2D eigenvalue weighted by Crippen LogP contribution is 2.44. The van der Waals surface area contributed by atoms with Crippen molar-refractivity contribution >= 4 is 63.0 Å². The van der Waals surface area contributed by atoms with Gasteiger partial charge in [-0.1, -0.05) is 78.9 Å². The highest BCUT2D eigenvalue weighted by molar-refractivity contribution is 7.26. The van der Waals surface area contributed by atoms with Gasteiger partial charge < -0.3 is 0 Å². The summed E-state index contributed by atoms with van der Waals surface area (Å²) in [4.78, 5) is 0. The van der Waals surface area contributed by atoms with E-state index in [-0.39, 0.29) is 0 Å². The summed E-state index contributed by atoms with van der Waals surface area (Å²) < 4.78 is 5.20. The van der Waals surface area contributed by atoms with Crippen molar-refractivity contribution in [2.24, 2.45) is 0 Å². The maximum absolute atomic E-state index is 9.68. The predicted molar refractivity (Wildman–Crippen MR) is 173 cm³/mol. The SMILES string of the molecule is N#Cc1cccc(-c2cc(-c3ccc4sc5ccccc5c4c3)ccc2-c2cccc3sc4ccccc4c23)c1. The standard InChI is InChI=1S/C37H21NS2/c38-22-23-7-5-8-26(19-23)31-20-24(25-16-18-35-32(21-25)28-9-1-3-12-33(28)39-35)15-17-27(31)29-11-6-14-36-37(29)30-10-2-4-13-34(30)40-36/h1-21H. The Labute approximate surface area is 239 Å². The zero-order chi connectivity index (χ0) is 26.6. The molecule has 0 radical (unpaired) electrons. The van der Waals surface area contributed by atoms with Gasteiger partial charge in [-0.15, -0.1) is 22.7 Å². The zero-order valence-corrected chi connectivity index (χ0v) is 23.0. The fourth-order valence-corrected chi connectivity index (χ4v) is 8.08. The van der Waals surface area contributed by atoms with Crippen LogP contribution in [0.25, 0.3) is 73.7 Å². The first-order valence-electron chi connectivity index (χ1n) is 13.2. The second-order valence-electron chi connectivity index (χ2n) is 10.0. The summed E-state index contributed by atoms with van der Waals surface area (Å²) in [5, 5.41) is 14.9. The van der Waals surface area contributed by atoms with Crippen molar-refractivity contribution < 1.29 is 0 Å². The van der Waals surface area contributed by atoms with Gasteiger partial charge in [0.25, 0.3) is 0 Å². The molecule has 40 heavy (non-hydrogen) atoms. The number of benzene rings is 6. The van der Waals surface area contributed by atoms with Crippen LogP contribution in [0.5, 0.6) is 0 Å². The third-order valence-corrected chi connectivity index (χ3v) is 10.0. The van der Waals surface area contributed by atoms with Gasteiger partial charge in [-0.3, -0.25) is 0 Å². The second-order valence-corrected chi connectivity index (χ2v) is 12.2. The molecule has 8 rings (SSSR count). The van der Waals surface area contributed by atoms with Crippen LogP contribution in [0.3, 0.4) is 0 Å². The van der Waals surface area contributed by atoms with Crippen molar-refractivity contribution in [1.29, 1.82) is 5.26 Å². The molecule has 0 fully saturated rings. The molecule has 2 aromatic heterocycles. The molecule has 6 aromatic carbocycles. The maximum Gasteiger partial charge on any atom is 0.0991 e. The molecule has 0 atom stereocenters. The minimum absolute atomic E-state index is 0.666. The lowest BCUT2D eigenvalue weighted by atomic mass is 9.88. The molecule has 0 saturated heterocycles. The molecular formula is C37H21NS2. The molecule has 8 aromatic rings. The van der Waals surface area contributed by atoms with E-state index in [9.17, 15) is 5.26 Å². The smallest absolute Gasteiger partial charge is 0.0991 e. The van der Waals surface area contributed by atoms with Crippen molar-refractivity contribution in [1.82, 2.24) is 0 Å². The molecule has 0 aliphatic carbocycles. The average molecular weight is 544 g/mol. The summed E-state index contributed by atoms with van der Waals surface area (Å²) in [6.45, 7) is 0. The van der Waals surface area contributed by atoms with E-state index in [1.54, 1.807) is 0 Å². The molecule has 0 amide bonds. The highest BCUT2D eigenvalue weighted by Gasteiger charge is 2.16. The van der Waals surface area contributed by atoms with Gasteiger partial charge in [0, 0.05) is 40.3 Å². The first-order chi connectivity index (χ1) is 19.8. The topological polar surface area (TPSA) is 23.8 Å². The Morgan fingerprint density at radius 2 is 1.10 bits per heavy atom. The largest absolute Gasteiger partial charge is 0.192 e. The van der Waals surface area contributed by atoms with E-state index in [4.69, 9.17) is 0 Å². The molecule has 3 heteroatoms.